The number of thiol groups is 1. The summed E-state index contributed by atoms with van der Waals surface area (Å²) < 4.78 is 16.1. The van der Waals surface area contributed by atoms with Gasteiger partial charge in [0, 0.05) is 17.2 Å². The molecule has 1 rings (SSSR count). The average Bonchev–Trinajstić information content (AvgIpc) is 2.56. The van der Waals surface area contributed by atoms with Crippen LogP contribution >= 0.6 is 24.4 Å². The summed E-state index contributed by atoms with van der Waals surface area (Å²) in [6.45, 7) is 1.44. The Bertz CT molecular complexity index is 544. The molecule has 0 aliphatic carbocycles. The monoisotopic (exact) mass is 382 g/mol. The van der Waals surface area contributed by atoms with Crippen molar-refractivity contribution in [3.05, 3.63) is 28.8 Å². The van der Waals surface area contributed by atoms with E-state index in [2.05, 4.69) is 27.6 Å². The summed E-state index contributed by atoms with van der Waals surface area (Å²) in [5.41, 5.74) is 8.29. The number of aromatic nitrogens is 1. The third kappa shape index (κ3) is 10.4. The summed E-state index contributed by atoms with van der Waals surface area (Å²) in [6, 6.07) is 2.73. The number of hydrogen-bond donors (Lipinski definition) is 1. The molecule has 0 radical (unpaired) electrons. The summed E-state index contributed by atoms with van der Waals surface area (Å²) in [6.07, 6.45) is 3.64. The van der Waals surface area contributed by atoms with Crippen LogP contribution in [0.15, 0.2) is 28.5 Å². The van der Waals surface area contributed by atoms with Crippen molar-refractivity contribution in [1.82, 2.24) is 4.98 Å². The zero-order valence-corrected chi connectivity index (χ0v) is 14.3. The van der Waals surface area contributed by atoms with Gasteiger partial charge in [-0.25, -0.2) is 4.98 Å². The molecule has 11 heteroatoms. The molecule has 1 unspecified atom stereocenters. The number of azide groups is 1. The number of nitrogens with zero attached hydrogens (tertiary/aromatic N) is 4. The number of ether oxygens (including phenoxy) is 3. The molecule has 0 aromatic carbocycles. The first kappa shape index (κ1) is 23.5. The molecule has 0 aliphatic rings. The van der Waals surface area contributed by atoms with E-state index < -0.39 is 11.2 Å². The topological polar surface area (TPSA) is 106 Å². The van der Waals surface area contributed by atoms with Crippen LogP contribution in [0, 0.1) is 0 Å². The molecule has 0 amide bonds. The van der Waals surface area contributed by atoms with Gasteiger partial charge in [0.15, 0.2) is 5.12 Å². The van der Waals surface area contributed by atoms with Crippen LogP contribution in [0.1, 0.15) is 0 Å². The van der Waals surface area contributed by atoms with E-state index in [9.17, 15) is 4.79 Å². The fraction of sp³-hybridized carbons (Fsp3) is 0.538. The Morgan fingerprint density at radius 2 is 2.12 bits per heavy atom. The van der Waals surface area contributed by atoms with Gasteiger partial charge >= 0.3 is 29.6 Å². The molecule has 1 atom stereocenters. The van der Waals surface area contributed by atoms with Gasteiger partial charge in [0.1, 0.15) is 18.4 Å². The van der Waals surface area contributed by atoms with E-state index in [1.165, 1.54) is 0 Å². The van der Waals surface area contributed by atoms with Gasteiger partial charge in [0.05, 0.1) is 31.5 Å². The van der Waals surface area contributed by atoms with E-state index in [1.54, 1.807) is 24.0 Å². The van der Waals surface area contributed by atoms with Gasteiger partial charge in [-0.1, -0.05) is 5.11 Å². The van der Waals surface area contributed by atoms with Crippen molar-refractivity contribution >= 4 is 59.1 Å². The minimum absolute atomic E-state index is 0. The molecule has 0 aliphatic heterocycles. The Kier molecular flexibility index (Phi) is 14.6. The van der Waals surface area contributed by atoms with Crippen LogP contribution in [-0.4, -0.2) is 85.0 Å². The van der Waals surface area contributed by atoms with Crippen molar-refractivity contribution in [2.75, 3.05) is 39.3 Å². The van der Waals surface area contributed by atoms with Crippen molar-refractivity contribution in [2.24, 2.45) is 5.11 Å². The first-order valence-corrected chi connectivity index (χ1v) is 8.40. The molecule has 0 spiro atoms. The molecule has 0 fully saturated rings. The average molecular weight is 382 g/mol. The van der Waals surface area contributed by atoms with E-state index in [0.717, 1.165) is 10.8 Å². The predicted molar refractivity (Wildman–Crippen MR) is 97.2 cm³/mol. The molecular weight excluding hydrogens is 363 g/mol. The van der Waals surface area contributed by atoms with Gasteiger partial charge in [-0.3, -0.25) is 4.79 Å². The molecule has 1 heterocycles. The Labute approximate surface area is 172 Å². The number of rotatable bonds is 12. The van der Waals surface area contributed by atoms with Crippen molar-refractivity contribution in [3.8, 4) is 5.75 Å². The number of carbonyl (C=O) groups is 1. The van der Waals surface area contributed by atoms with E-state index in [-0.39, 0.29) is 42.8 Å². The Morgan fingerprint density at radius 1 is 1.42 bits per heavy atom. The molecule has 8 nitrogen and oxygen atoms in total. The molecule has 24 heavy (non-hydrogen) atoms. The summed E-state index contributed by atoms with van der Waals surface area (Å²) in [5, 5.41) is 3.65. The van der Waals surface area contributed by atoms with E-state index in [0.29, 0.717) is 19.8 Å². The van der Waals surface area contributed by atoms with Crippen LogP contribution in [0.5, 0.6) is 5.75 Å². The first-order chi connectivity index (χ1) is 11.2. The molecule has 1 aromatic heterocycles. The third-order valence-corrected chi connectivity index (χ3v) is 3.48. The van der Waals surface area contributed by atoms with E-state index >= 15 is 0 Å². The molecule has 0 saturated carbocycles. The fourth-order valence-corrected chi connectivity index (χ4v) is 1.97. The normalized spacial score (nSPS) is 11.1. The summed E-state index contributed by atoms with van der Waals surface area (Å²) in [7, 11) is 0. The van der Waals surface area contributed by atoms with Gasteiger partial charge in [-0.05, 0) is 17.9 Å². The van der Waals surface area contributed by atoms with E-state index in [4.69, 9.17) is 19.7 Å². The second-order valence-corrected chi connectivity index (χ2v) is 5.40. The van der Waals surface area contributed by atoms with Crippen LogP contribution in [0.25, 0.3) is 10.4 Å². The minimum atomic E-state index is -0.913. The van der Waals surface area contributed by atoms with E-state index in [1.807, 2.05) is 12.3 Å². The van der Waals surface area contributed by atoms with Gasteiger partial charge in [0.25, 0.3) is 0 Å². The molecule has 0 saturated heterocycles. The van der Waals surface area contributed by atoms with Gasteiger partial charge < -0.3 is 14.2 Å². The third-order valence-electron chi connectivity index (χ3n) is 2.54. The van der Waals surface area contributed by atoms with Crippen molar-refractivity contribution in [3.63, 3.8) is 0 Å². The van der Waals surface area contributed by atoms with Gasteiger partial charge in [-0.15, -0.1) is 24.4 Å². The number of pyridine rings is 1. The van der Waals surface area contributed by atoms with Crippen molar-refractivity contribution < 1.29 is 19.0 Å². The molecule has 1 aromatic rings. The summed E-state index contributed by atoms with van der Waals surface area (Å²) in [5.74, 6) is 0.744. The molecule has 128 valence electrons. The molecule has 0 N–H and O–H groups in total. The SMILES string of the molecule is CSc1cc(OCCOCCOCC(N=[N+]=[N-])C(=O)S)ccn1.[NaH]. The Hall–Kier alpha value is -0.450. The second kappa shape index (κ2) is 14.9. The molecule has 0 bridgehead atoms. The molecular formula is C13H19N4NaO4S2. The zero-order valence-electron chi connectivity index (χ0n) is 12.6. The van der Waals surface area contributed by atoms with Crippen LogP contribution in [0.4, 0.5) is 0 Å². The Balaban J connectivity index is 0.00000529. The standard InChI is InChI=1S/C13H18N4O4S2.Na.H/c1-23-12-8-10(2-3-15-12)21-7-6-19-4-5-20-9-11(13(18)22)16-17-14;;/h2-3,8,11H,4-7,9H2,1H3,(H,18,22);;. The van der Waals surface area contributed by atoms with Crippen molar-refractivity contribution in [2.45, 2.75) is 11.1 Å². The fourth-order valence-electron chi connectivity index (χ4n) is 1.44. The van der Waals surface area contributed by atoms with Crippen molar-refractivity contribution in [1.29, 1.82) is 0 Å². The number of carbonyl (C=O) groups excluding carboxylic acids is 1. The first-order valence-electron chi connectivity index (χ1n) is 6.72. The quantitative estimate of drug-likeness (QED) is 0.112. The van der Waals surface area contributed by atoms with Gasteiger partial charge in [0.2, 0.25) is 0 Å². The summed E-state index contributed by atoms with van der Waals surface area (Å²) in [4.78, 5) is 17.7. The Morgan fingerprint density at radius 3 is 2.79 bits per heavy atom. The van der Waals surface area contributed by atoms with Crippen LogP contribution in [-0.2, 0) is 14.3 Å². The van der Waals surface area contributed by atoms with Crippen LogP contribution < -0.4 is 4.74 Å². The van der Waals surface area contributed by atoms with Crippen LogP contribution in [0.3, 0.4) is 0 Å². The van der Waals surface area contributed by atoms with Crippen LogP contribution in [0.2, 0.25) is 0 Å². The summed E-state index contributed by atoms with van der Waals surface area (Å²) >= 11 is 5.15. The van der Waals surface area contributed by atoms with Gasteiger partial charge in [-0.2, -0.15) is 0 Å². The predicted octanol–water partition coefficient (Wildman–Crippen LogP) is 1.70. The zero-order chi connectivity index (χ0) is 16.9. The maximum atomic E-state index is 11.0. The second-order valence-electron chi connectivity index (χ2n) is 4.13. The maximum absolute atomic E-state index is 11.0. The number of hydrogen-bond acceptors (Lipinski definition) is 7. The number of thioether (sulfide) groups is 1.